The Labute approximate surface area is 112 Å². The van der Waals surface area contributed by atoms with Gasteiger partial charge in [0.2, 0.25) is 5.91 Å². The average molecular weight is 257 g/mol. The van der Waals surface area contributed by atoms with Crippen molar-refractivity contribution in [1.82, 2.24) is 4.98 Å². The first-order chi connectivity index (χ1) is 9.13. The van der Waals surface area contributed by atoms with Crippen molar-refractivity contribution in [3.63, 3.8) is 0 Å². The number of benzene rings is 1. The van der Waals surface area contributed by atoms with E-state index in [1.807, 2.05) is 18.3 Å². The van der Waals surface area contributed by atoms with E-state index in [0.717, 1.165) is 35.0 Å². The molecule has 0 unspecified atom stereocenters. The van der Waals surface area contributed by atoms with E-state index < -0.39 is 0 Å². The van der Waals surface area contributed by atoms with Crippen LogP contribution in [0, 0.1) is 0 Å². The number of para-hydroxylation sites is 1. The summed E-state index contributed by atoms with van der Waals surface area (Å²) in [5.74, 6) is -0.277. The number of pyridine rings is 1. The maximum atomic E-state index is 10.7. The largest absolute Gasteiger partial charge is 0.398 e. The zero-order chi connectivity index (χ0) is 13.8. The van der Waals surface area contributed by atoms with Crippen molar-refractivity contribution in [2.75, 3.05) is 5.73 Å². The summed E-state index contributed by atoms with van der Waals surface area (Å²) in [6.45, 7) is 2.10. The van der Waals surface area contributed by atoms with Crippen LogP contribution in [-0.2, 0) is 17.6 Å². The number of hydrogen-bond acceptors (Lipinski definition) is 3. The van der Waals surface area contributed by atoms with Gasteiger partial charge in [-0.25, -0.2) is 0 Å². The Hall–Kier alpha value is -2.10. The number of rotatable bonds is 5. The number of carbonyl (C=O) groups excluding carboxylic acids is 1. The molecule has 0 saturated carbocycles. The second-order valence-corrected chi connectivity index (χ2v) is 4.68. The minimum atomic E-state index is -0.277. The highest BCUT2D eigenvalue weighted by molar-refractivity contribution is 5.93. The predicted molar refractivity (Wildman–Crippen MR) is 77.7 cm³/mol. The molecule has 0 aliphatic heterocycles. The molecule has 0 saturated heterocycles. The van der Waals surface area contributed by atoms with Crippen LogP contribution in [0.15, 0.2) is 24.4 Å². The lowest BCUT2D eigenvalue weighted by atomic mass is 10.0. The number of carbonyl (C=O) groups is 1. The van der Waals surface area contributed by atoms with Crippen LogP contribution in [0.1, 0.15) is 30.9 Å². The van der Waals surface area contributed by atoms with E-state index in [1.54, 1.807) is 0 Å². The van der Waals surface area contributed by atoms with Gasteiger partial charge in [-0.15, -0.1) is 0 Å². The van der Waals surface area contributed by atoms with E-state index >= 15 is 0 Å². The van der Waals surface area contributed by atoms with E-state index in [-0.39, 0.29) is 5.91 Å². The molecular formula is C15H19N3O. The molecule has 0 atom stereocenters. The lowest BCUT2D eigenvalue weighted by Crippen LogP contribution is -2.10. The number of nitrogen functional groups attached to an aromatic ring is 1. The predicted octanol–water partition coefficient (Wildman–Crippen LogP) is 2.19. The normalized spacial score (nSPS) is 10.8. The fraction of sp³-hybridized carbons (Fsp3) is 0.333. The van der Waals surface area contributed by atoms with Crippen molar-refractivity contribution in [2.45, 2.75) is 32.6 Å². The van der Waals surface area contributed by atoms with Crippen LogP contribution in [0.25, 0.3) is 10.9 Å². The van der Waals surface area contributed by atoms with Gasteiger partial charge in [-0.05, 0) is 30.4 Å². The highest BCUT2D eigenvalue weighted by Crippen LogP contribution is 2.26. The Bertz CT molecular complexity index is 608. The molecule has 1 aromatic carbocycles. The fourth-order valence-electron chi connectivity index (χ4n) is 2.28. The Morgan fingerprint density at radius 2 is 2.11 bits per heavy atom. The van der Waals surface area contributed by atoms with Crippen LogP contribution >= 0.6 is 0 Å². The number of hydrogen-bond donors (Lipinski definition) is 2. The third-order valence-corrected chi connectivity index (χ3v) is 3.36. The summed E-state index contributed by atoms with van der Waals surface area (Å²) in [7, 11) is 0. The number of fused-ring (bicyclic) bond motifs is 1. The average Bonchev–Trinajstić information content (AvgIpc) is 2.40. The molecule has 4 heteroatoms. The van der Waals surface area contributed by atoms with Crippen LogP contribution in [0.3, 0.4) is 0 Å². The van der Waals surface area contributed by atoms with Gasteiger partial charge in [0.15, 0.2) is 0 Å². The second-order valence-electron chi connectivity index (χ2n) is 4.68. The summed E-state index contributed by atoms with van der Waals surface area (Å²) in [5, 5.41) is 0.996. The number of aryl methyl sites for hydroxylation is 2. The SMILES string of the molecule is CCc1cccc2c(N)c(CCCC(N)=O)cnc12. The monoisotopic (exact) mass is 257 g/mol. The first-order valence-electron chi connectivity index (χ1n) is 6.56. The minimum Gasteiger partial charge on any atom is -0.398 e. The van der Waals surface area contributed by atoms with Crippen molar-refractivity contribution in [3.05, 3.63) is 35.5 Å². The lowest BCUT2D eigenvalue weighted by molar-refractivity contribution is -0.118. The van der Waals surface area contributed by atoms with E-state index in [0.29, 0.717) is 12.8 Å². The molecule has 0 spiro atoms. The second kappa shape index (κ2) is 5.69. The van der Waals surface area contributed by atoms with Gasteiger partial charge < -0.3 is 11.5 Å². The molecule has 1 amide bonds. The Morgan fingerprint density at radius 1 is 1.32 bits per heavy atom. The fourth-order valence-corrected chi connectivity index (χ4v) is 2.28. The van der Waals surface area contributed by atoms with E-state index in [9.17, 15) is 4.79 Å². The molecule has 1 aromatic heterocycles. The van der Waals surface area contributed by atoms with Crippen molar-refractivity contribution >= 4 is 22.5 Å². The number of nitrogens with two attached hydrogens (primary N) is 2. The summed E-state index contributed by atoms with van der Waals surface area (Å²) < 4.78 is 0. The maximum Gasteiger partial charge on any atom is 0.217 e. The number of nitrogens with zero attached hydrogens (tertiary/aromatic N) is 1. The molecule has 19 heavy (non-hydrogen) atoms. The molecule has 0 aliphatic rings. The standard InChI is InChI=1S/C15H19N3O/c1-2-10-5-3-7-12-14(17)11(9-18-15(10)12)6-4-8-13(16)19/h3,5,7,9H,2,4,6,8H2,1H3,(H2,16,19)(H2,17,18). The van der Waals surface area contributed by atoms with Crippen LogP contribution in [0.2, 0.25) is 0 Å². The van der Waals surface area contributed by atoms with Crippen molar-refractivity contribution in [2.24, 2.45) is 5.73 Å². The van der Waals surface area contributed by atoms with Gasteiger partial charge in [-0.2, -0.15) is 0 Å². The molecule has 0 bridgehead atoms. The Morgan fingerprint density at radius 3 is 2.79 bits per heavy atom. The molecule has 0 aliphatic carbocycles. The Balaban J connectivity index is 2.33. The van der Waals surface area contributed by atoms with Crippen molar-refractivity contribution < 1.29 is 4.79 Å². The maximum absolute atomic E-state index is 10.7. The summed E-state index contributed by atoms with van der Waals surface area (Å²) in [4.78, 5) is 15.3. The number of amides is 1. The number of primary amides is 1. The summed E-state index contributed by atoms with van der Waals surface area (Å²) in [5.41, 5.74) is 15.3. The third-order valence-electron chi connectivity index (χ3n) is 3.36. The zero-order valence-electron chi connectivity index (χ0n) is 11.1. The molecular weight excluding hydrogens is 238 g/mol. The summed E-state index contributed by atoms with van der Waals surface area (Å²) in [6, 6.07) is 6.07. The molecule has 1 heterocycles. The lowest BCUT2D eigenvalue weighted by Gasteiger charge is -2.10. The van der Waals surface area contributed by atoms with Crippen LogP contribution in [0.4, 0.5) is 5.69 Å². The van der Waals surface area contributed by atoms with Crippen LogP contribution < -0.4 is 11.5 Å². The van der Waals surface area contributed by atoms with Gasteiger partial charge >= 0.3 is 0 Å². The van der Waals surface area contributed by atoms with Gasteiger partial charge in [0.1, 0.15) is 0 Å². The van der Waals surface area contributed by atoms with Crippen molar-refractivity contribution in [1.29, 1.82) is 0 Å². The highest BCUT2D eigenvalue weighted by Gasteiger charge is 2.08. The van der Waals surface area contributed by atoms with Crippen LogP contribution in [-0.4, -0.2) is 10.9 Å². The minimum absolute atomic E-state index is 0.277. The zero-order valence-corrected chi connectivity index (χ0v) is 11.1. The highest BCUT2D eigenvalue weighted by atomic mass is 16.1. The topological polar surface area (TPSA) is 82.0 Å². The molecule has 4 nitrogen and oxygen atoms in total. The molecule has 100 valence electrons. The van der Waals surface area contributed by atoms with Gasteiger partial charge in [-0.3, -0.25) is 9.78 Å². The van der Waals surface area contributed by atoms with E-state index in [2.05, 4.69) is 18.0 Å². The van der Waals surface area contributed by atoms with E-state index in [1.165, 1.54) is 5.56 Å². The quantitative estimate of drug-likeness (QED) is 0.861. The summed E-state index contributed by atoms with van der Waals surface area (Å²) >= 11 is 0. The first-order valence-corrected chi connectivity index (χ1v) is 6.56. The van der Waals surface area contributed by atoms with Crippen molar-refractivity contribution in [3.8, 4) is 0 Å². The van der Waals surface area contributed by atoms with Gasteiger partial charge in [0, 0.05) is 23.7 Å². The Kier molecular flexibility index (Phi) is 4.00. The number of aromatic nitrogens is 1. The van der Waals surface area contributed by atoms with Gasteiger partial charge in [0.05, 0.1) is 5.52 Å². The molecule has 2 rings (SSSR count). The molecule has 0 radical (unpaired) electrons. The van der Waals surface area contributed by atoms with Gasteiger partial charge in [0.25, 0.3) is 0 Å². The summed E-state index contributed by atoms with van der Waals surface area (Å²) in [6.07, 6.45) is 4.57. The smallest absolute Gasteiger partial charge is 0.217 e. The first kappa shape index (κ1) is 13.3. The molecule has 2 aromatic rings. The molecule has 4 N–H and O–H groups in total. The third kappa shape index (κ3) is 2.84. The van der Waals surface area contributed by atoms with E-state index in [4.69, 9.17) is 11.5 Å². The van der Waals surface area contributed by atoms with Gasteiger partial charge in [-0.1, -0.05) is 25.1 Å². The molecule has 0 fully saturated rings. The van der Waals surface area contributed by atoms with Crippen LogP contribution in [0.5, 0.6) is 0 Å². The number of anilines is 1.